The Bertz CT molecular complexity index is 1900. The van der Waals surface area contributed by atoms with Gasteiger partial charge in [-0.15, -0.1) is 0 Å². The minimum absolute atomic E-state index is 0.0344. The number of amides is 6. The lowest BCUT2D eigenvalue weighted by atomic mass is 10.0. The standard InChI is InChI=1S/C42H56N8O11/c1-25(52)36(50-40(58)34(24-51)46-35(54)23-45-37(55)30(44)20-28-15-17-29(53)18-16-28)41(59)49-33(22-27-12-6-3-7-13-27)39(57)48-32(21-26-10-4-2-5-11-26)38(56)47-31(42(60)61)14-8-9-19-43/h2-7,10-13,15-18,25,30-34,36,51-53H,8-9,14,19-24,43-44H2,1H3,(H,45,55)(H,46,54)(H,47,56)(H,48,57)(H,49,59)(H,50,58)(H,60,61)/t25-,30+,31+,32+,33+,34+,36+/m1/s1. The Hall–Kier alpha value is -6.41. The lowest BCUT2D eigenvalue weighted by molar-refractivity contribution is -0.142. The van der Waals surface area contributed by atoms with Gasteiger partial charge in [0.25, 0.3) is 0 Å². The summed E-state index contributed by atoms with van der Waals surface area (Å²) in [6.45, 7) is -0.0502. The molecule has 0 unspecified atom stereocenters. The number of carboxylic acids is 1. The van der Waals surface area contributed by atoms with Gasteiger partial charge in [0.2, 0.25) is 35.4 Å². The molecule has 19 nitrogen and oxygen atoms in total. The number of aliphatic hydroxyl groups is 2. The van der Waals surface area contributed by atoms with Gasteiger partial charge in [-0.25, -0.2) is 4.79 Å². The summed E-state index contributed by atoms with van der Waals surface area (Å²) in [7, 11) is 0. The van der Waals surface area contributed by atoms with Gasteiger partial charge in [0, 0.05) is 12.8 Å². The number of carboxylic acid groups (broad SMARTS) is 1. The maximum absolute atomic E-state index is 14.1. The zero-order chi connectivity index (χ0) is 44.9. The van der Waals surface area contributed by atoms with Crippen LogP contribution in [0.1, 0.15) is 42.9 Å². The summed E-state index contributed by atoms with van der Waals surface area (Å²) >= 11 is 0. The van der Waals surface area contributed by atoms with Crippen molar-refractivity contribution >= 4 is 41.4 Å². The lowest BCUT2D eigenvalue weighted by Gasteiger charge is -2.28. The first-order valence-electron chi connectivity index (χ1n) is 19.7. The summed E-state index contributed by atoms with van der Waals surface area (Å²) < 4.78 is 0. The van der Waals surface area contributed by atoms with Crippen molar-refractivity contribution in [3.05, 3.63) is 102 Å². The Morgan fingerprint density at radius 3 is 1.59 bits per heavy atom. The summed E-state index contributed by atoms with van der Waals surface area (Å²) in [5.41, 5.74) is 13.4. The number of nitrogens with two attached hydrogens (primary N) is 2. The van der Waals surface area contributed by atoms with Crippen LogP contribution in [0, 0.1) is 0 Å². The SMILES string of the molecule is C[C@@H](O)[C@H](NC(=O)[C@H](CO)NC(=O)CNC(=O)[C@@H](N)Cc1ccc(O)cc1)C(=O)N[C@@H](Cc1ccccc1)C(=O)N[C@@H](Cc1ccccc1)C(=O)N[C@@H](CCCCN)C(=O)O. The van der Waals surface area contributed by atoms with E-state index < -0.39 is 96.9 Å². The Morgan fingerprint density at radius 1 is 0.607 bits per heavy atom. The average Bonchev–Trinajstić information content (AvgIpc) is 3.24. The third kappa shape index (κ3) is 17.0. The predicted molar refractivity (Wildman–Crippen MR) is 222 cm³/mol. The molecule has 14 N–H and O–H groups in total. The zero-order valence-electron chi connectivity index (χ0n) is 33.8. The number of aliphatic hydroxyl groups excluding tert-OH is 2. The molecule has 61 heavy (non-hydrogen) atoms. The zero-order valence-corrected chi connectivity index (χ0v) is 33.8. The van der Waals surface area contributed by atoms with Crippen molar-refractivity contribution in [2.45, 2.75) is 87.8 Å². The van der Waals surface area contributed by atoms with E-state index in [0.29, 0.717) is 36.1 Å². The van der Waals surface area contributed by atoms with E-state index in [4.69, 9.17) is 11.5 Å². The summed E-state index contributed by atoms with van der Waals surface area (Å²) in [4.78, 5) is 91.9. The van der Waals surface area contributed by atoms with Gasteiger partial charge < -0.3 is 63.8 Å². The topological polar surface area (TPSA) is 325 Å². The second-order valence-electron chi connectivity index (χ2n) is 14.4. The number of aromatic hydroxyl groups is 1. The van der Waals surface area contributed by atoms with E-state index in [1.165, 1.54) is 19.1 Å². The van der Waals surface area contributed by atoms with Gasteiger partial charge >= 0.3 is 5.97 Å². The molecule has 0 heterocycles. The second kappa shape index (κ2) is 25.3. The van der Waals surface area contributed by atoms with Crippen LogP contribution in [0.2, 0.25) is 0 Å². The van der Waals surface area contributed by atoms with E-state index in [0.717, 1.165) is 0 Å². The first-order valence-corrected chi connectivity index (χ1v) is 19.7. The van der Waals surface area contributed by atoms with Crippen LogP contribution in [-0.2, 0) is 52.8 Å². The number of hydrogen-bond donors (Lipinski definition) is 12. The van der Waals surface area contributed by atoms with Crippen LogP contribution in [-0.4, -0.2) is 124 Å². The van der Waals surface area contributed by atoms with Crippen molar-refractivity contribution in [2.24, 2.45) is 11.5 Å². The van der Waals surface area contributed by atoms with E-state index >= 15 is 0 Å². The van der Waals surface area contributed by atoms with Gasteiger partial charge in [0.15, 0.2) is 0 Å². The highest BCUT2D eigenvalue weighted by Gasteiger charge is 2.34. The van der Waals surface area contributed by atoms with Gasteiger partial charge in [-0.2, -0.15) is 0 Å². The molecule has 19 heteroatoms. The van der Waals surface area contributed by atoms with Gasteiger partial charge in [0.05, 0.1) is 25.3 Å². The number of nitrogens with one attached hydrogen (secondary N) is 6. The summed E-state index contributed by atoms with van der Waals surface area (Å²) in [6.07, 6.45) is -0.577. The maximum Gasteiger partial charge on any atom is 0.326 e. The molecule has 0 saturated carbocycles. The number of phenols is 1. The van der Waals surface area contributed by atoms with Crippen LogP contribution in [0.4, 0.5) is 0 Å². The predicted octanol–water partition coefficient (Wildman–Crippen LogP) is -2.13. The number of rotatable bonds is 25. The Balaban J connectivity index is 1.73. The normalized spacial score (nSPS) is 14.4. The van der Waals surface area contributed by atoms with Crippen LogP contribution in [0.15, 0.2) is 84.9 Å². The molecule has 6 amide bonds. The highest BCUT2D eigenvalue weighted by atomic mass is 16.4. The monoisotopic (exact) mass is 848 g/mol. The first kappa shape index (κ1) is 49.0. The second-order valence-corrected chi connectivity index (χ2v) is 14.4. The molecule has 0 bridgehead atoms. The fourth-order valence-electron chi connectivity index (χ4n) is 6.05. The molecule has 0 aliphatic heterocycles. The largest absolute Gasteiger partial charge is 0.508 e. The number of carbonyl (C=O) groups excluding carboxylic acids is 6. The molecule has 0 saturated heterocycles. The summed E-state index contributed by atoms with van der Waals surface area (Å²) in [6, 6.07) is 14.8. The highest BCUT2D eigenvalue weighted by Crippen LogP contribution is 2.12. The van der Waals surface area contributed by atoms with Gasteiger partial charge in [-0.05, 0) is 68.0 Å². The van der Waals surface area contributed by atoms with Crippen LogP contribution < -0.4 is 43.4 Å². The fourth-order valence-corrected chi connectivity index (χ4v) is 6.05. The smallest absolute Gasteiger partial charge is 0.326 e. The Kier molecular flexibility index (Phi) is 20.3. The van der Waals surface area contributed by atoms with Gasteiger partial charge in [-0.1, -0.05) is 72.8 Å². The minimum atomic E-state index is -1.73. The van der Waals surface area contributed by atoms with E-state index in [2.05, 4.69) is 31.9 Å². The molecule has 3 rings (SSSR count). The van der Waals surface area contributed by atoms with Crippen molar-refractivity contribution in [1.29, 1.82) is 0 Å². The van der Waals surface area contributed by atoms with Gasteiger partial charge in [-0.3, -0.25) is 28.8 Å². The molecular weight excluding hydrogens is 793 g/mol. The molecule has 0 aliphatic carbocycles. The molecule has 7 atom stereocenters. The van der Waals surface area contributed by atoms with Crippen LogP contribution in [0.5, 0.6) is 5.75 Å². The number of phenolic OH excluding ortho intramolecular Hbond substituents is 1. The van der Waals surface area contributed by atoms with Crippen LogP contribution in [0.3, 0.4) is 0 Å². The lowest BCUT2D eigenvalue weighted by Crippen LogP contribution is -2.62. The summed E-state index contributed by atoms with van der Waals surface area (Å²) in [5, 5.41) is 54.3. The summed E-state index contributed by atoms with van der Waals surface area (Å²) in [5.74, 6) is -6.57. The highest BCUT2D eigenvalue weighted by molar-refractivity contribution is 5.97. The Morgan fingerprint density at radius 2 is 1.10 bits per heavy atom. The molecular formula is C42H56N8O11. The van der Waals surface area contributed by atoms with Crippen molar-refractivity contribution in [3.63, 3.8) is 0 Å². The minimum Gasteiger partial charge on any atom is -0.508 e. The maximum atomic E-state index is 14.1. The molecule has 0 spiro atoms. The molecule has 0 aromatic heterocycles. The Labute approximate surface area is 353 Å². The van der Waals surface area contributed by atoms with Crippen molar-refractivity contribution in [1.82, 2.24) is 31.9 Å². The number of benzene rings is 3. The average molecular weight is 849 g/mol. The molecule has 3 aromatic carbocycles. The number of unbranched alkanes of at least 4 members (excludes halogenated alkanes) is 1. The van der Waals surface area contributed by atoms with Crippen molar-refractivity contribution in [3.8, 4) is 5.75 Å². The van der Waals surface area contributed by atoms with Crippen LogP contribution in [0.25, 0.3) is 0 Å². The molecule has 3 aromatic rings. The van der Waals surface area contributed by atoms with E-state index in [-0.39, 0.29) is 31.4 Å². The molecule has 0 aliphatic rings. The number of hydrogen-bond acceptors (Lipinski definition) is 12. The fraction of sp³-hybridized carbons (Fsp3) is 0.405. The number of aliphatic carboxylic acids is 1. The number of carbonyl (C=O) groups is 7. The van der Waals surface area contributed by atoms with Crippen LogP contribution >= 0.6 is 0 Å². The first-order chi connectivity index (χ1) is 29.1. The quantitative estimate of drug-likeness (QED) is 0.0406. The third-order valence-corrected chi connectivity index (χ3v) is 9.44. The molecule has 330 valence electrons. The molecule has 0 fully saturated rings. The van der Waals surface area contributed by atoms with E-state index in [9.17, 15) is 54.0 Å². The van der Waals surface area contributed by atoms with Crippen molar-refractivity contribution in [2.75, 3.05) is 19.7 Å². The van der Waals surface area contributed by atoms with Gasteiger partial charge in [0.1, 0.15) is 36.0 Å². The molecule has 0 radical (unpaired) electrons. The van der Waals surface area contributed by atoms with Crippen molar-refractivity contribution < 1.29 is 54.0 Å². The van der Waals surface area contributed by atoms with E-state index in [1.54, 1.807) is 72.8 Å². The third-order valence-electron chi connectivity index (χ3n) is 9.44. The van der Waals surface area contributed by atoms with E-state index in [1.807, 2.05) is 0 Å².